The van der Waals surface area contributed by atoms with E-state index in [1.807, 2.05) is 0 Å². The van der Waals surface area contributed by atoms with Gasteiger partial charge >= 0.3 is 12.0 Å². The van der Waals surface area contributed by atoms with E-state index in [-0.39, 0.29) is 13.0 Å². The Morgan fingerprint density at radius 3 is 2.74 bits per heavy atom. The fourth-order valence-electron chi connectivity index (χ4n) is 1.71. The van der Waals surface area contributed by atoms with Crippen molar-refractivity contribution in [1.29, 1.82) is 0 Å². The van der Waals surface area contributed by atoms with Crippen LogP contribution in [-0.4, -0.2) is 67.3 Å². The summed E-state index contributed by atoms with van der Waals surface area (Å²) in [6.07, 6.45) is -0.795. The van der Waals surface area contributed by atoms with Gasteiger partial charge in [0.15, 0.2) is 6.10 Å². The van der Waals surface area contributed by atoms with Crippen LogP contribution in [0.5, 0.6) is 0 Å². The van der Waals surface area contributed by atoms with E-state index in [0.717, 1.165) is 0 Å². The highest BCUT2D eigenvalue weighted by molar-refractivity contribution is 5.74. The molecule has 110 valence electrons. The SMILES string of the molecule is COC1(CNC(=O)NCC[C@H](O)C(=O)O)CCOC1. The lowest BCUT2D eigenvalue weighted by Crippen LogP contribution is -2.48. The van der Waals surface area contributed by atoms with E-state index in [1.54, 1.807) is 7.11 Å². The number of urea groups is 1. The Bertz CT molecular complexity index is 316. The standard InChI is InChI=1S/C11H20N2O6/c1-18-11(3-5-19-7-11)6-13-10(17)12-4-2-8(14)9(15)16/h8,14H,2-7H2,1H3,(H,15,16)(H2,12,13,17)/t8-,11?/m0/s1. The first-order chi connectivity index (χ1) is 8.99. The highest BCUT2D eigenvalue weighted by Gasteiger charge is 2.35. The van der Waals surface area contributed by atoms with E-state index in [0.29, 0.717) is 26.2 Å². The maximum absolute atomic E-state index is 11.5. The van der Waals surface area contributed by atoms with Crippen LogP contribution in [0.15, 0.2) is 0 Å². The minimum Gasteiger partial charge on any atom is -0.479 e. The molecule has 0 aromatic rings. The highest BCUT2D eigenvalue weighted by atomic mass is 16.5. The third-order valence-corrected chi connectivity index (χ3v) is 3.06. The molecule has 0 radical (unpaired) electrons. The predicted octanol–water partition coefficient (Wildman–Crippen LogP) is -1.07. The number of rotatable bonds is 7. The molecule has 1 fully saturated rings. The number of hydrogen-bond acceptors (Lipinski definition) is 5. The van der Waals surface area contributed by atoms with Crippen molar-refractivity contribution >= 4 is 12.0 Å². The molecular weight excluding hydrogens is 256 g/mol. The second kappa shape index (κ2) is 7.27. The molecule has 0 aromatic carbocycles. The second-order valence-electron chi connectivity index (χ2n) is 4.44. The summed E-state index contributed by atoms with van der Waals surface area (Å²) in [5, 5.41) is 22.6. The minimum atomic E-state index is -1.46. The number of carboxylic acid groups (broad SMARTS) is 1. The van der Waals surface area contributed by atoms with Gasteiger partial charge in [-0.15, -0.1) is 0 Å². The third-order valence-electron chi connectivity index (χ3n) is 3.06. The maximum atomic E-state index is 11.5. The molecule has 0 bridgehead atoms. The number of carbonyl (C=O) groups is 2. The zero-order valence-electron chi connectivity index (χ0n) is 10.8. The Morgan fingerprint density at radius 1 is 1.47 bits per heavy atom. The number of aliphatic carboxylic acids is 1. The molecule has 0 aromatic heterocycles. The first kappa shape index (κ1) is 15.7. The molecule has 2 amide bonds. The summed E-state index contributed by atoms with van der Waals surface area (Å²) in [5.41, 5.74) is -0.488. The van der Waals surface area contributed by atoms with Crippen LogP contribution >= 0.6 is 0 Å². The van der Waals surface area contributed by atoms with Gasteiger partial charge in [0.2, 0.25) is 0 Å². The Balaban J connectivity index is 2.19. The van der Waals surface area contributed by atoms with Gasteiger partial charge in [-0.25, -0.2) is 9.59 Å². The van der Waals surface area contributed by atoms with Gasteiger partial charge in [-0.1, -0.05) is 0 Å². The average Bonchev–Trinajstić information content (AvgIpc) is 2.85. The molecule has 0 spiro atoms. The summed E-state index contributed by atoms with van der Waals surface area (Å²) in [4.78, 5) is 21.8. The molecule has 1 unspecified atom stereocenters. The van der Waals surface area contributed by atoms with E-state index >= 15 is 0 Å². The van der Waals surface area contributed by atoms with Crippen LogP contribution in [0.25, 0.3) is 0 Å². The van der Waals surface area contributed by atoms with Gasteiger partial charge in [0.05, 0.1) is 13.2 Å². The zero-order valence-corrected chi connectivity index (χ0v) is 10.8. The van der Waals surface area contributed by atoms with Crippen LogP contribution in [0.4, 0.5) is 4.79 Å². The van der Waals surface area contributed by atoms with Crippen molar-refractivity contribution < 1.29 is 29.3 Å². The molecule has 1 heterocycles. The molecule has 8 heteroatoms. The van der Waals surface area contributed by atoms with Crippen LogP contribution in [0.1, 0.15) is 12.8 Å². The Labute approximate surface area is 111 Å². The number of aliphatic hydroxyl groups excluding tert-OH is 1. The van der Waals surface area contributed by atoms with Crippen LogP contribution in [0.3, 0.4) is 0 Å². The number of hydrogen-bond donors (Lipinski definition) is 4. The Hall–Kier alpha value is -1.38. The molecule has 1 aliphatic heterocycles. The van der Waals surface area contributed by atoms with Gasteiger partial charge in [-0.05, 0) is 0 Å². The van der Waals surface area contributed by atoms with E-state index in [9.17, 15) is 9.59 Å². The summed E-state index contributed by atoms with van der Waals surface area (Å²) < 4.78 is 10.6. The molecule has 2 atom stereocenters. The maximum Gasteiger partial charge on any atom is 0.332 e. The van der Waals surface area contributed by atoms with Crippen LogP contribution in [0.2, 0.25) is 0 Å². The van der Waals surface area contributed by atoms with Crippen LogP contribution in [0, 0.1) is 0 Å². The molecule has 1 aliphatic rings. The number of aliphatic hydroxyl groups is 1. The molecule has 0 aliphatic carbocycles. The largest absolute Gasteiger partial charge is 0.479 e. The van der Waals surface area contributed by atoms with E-state index in [2.05, 4.69) is 10.6 Å². The fraction of sp³-hybridized carbons (Fsp3) is 0.818. The minimum absolute atomic E-state index is 0.0404. The monoisotopic (exact) mass is 276 g/mol. The molecular formula is C11H20N2O6. The number of amides is 2. The first-order valence-corrected chi connectivity index (χ1v) is 6.04. The topological polar surface area (TPSA) is 117 Å². The number of ether oxygens (including phenoxy) is 2. The number of nitrogens with one attached hydrogen (secondary N) is 2. The van der Waals surface area contributed by atoms with Gasteiger partial charge in [0, 0.05) is 33.1 Å². The van der Waals surface area contributed by atoms with E-state index in [1.165, 1.54) is 0 Å². The Morgan fingerprint density at radius 2 is 2.21 bits per heavy atom. The van der Waals surface area contributed by atoms with Crippen LogP contribution in [-0.2, 0) is 14.3 Å². The van der Waals surface area contributed by atoms with Crippen LogP contribution < -0.4 is 10.6 Å². The van der Waals surface area contributed by atoms with E-state index in [4.69, 9.17) is 19.7 Å². The molecule has 1 rings (SSSR count). The van der Waals surface area contributed by atoms with E-state index < -0.39 is 23.7 Å². The van der Waals surface area contributed by atoms with Crippen molar-refractivity contribution in [2.24, 2.45) is 0 Å². The van der Waals surface area contributed by atoms with Crippen molar-refractivity contribution in [1.82, 2.24) is 10.6 Å². The van der Waals surface area contributed by atoms with Crippen molar-refractivity contribution in [2.75, 3.05) is 33.4 Å². The summed E-state index contributed by atoms with van der Waals surface area (Å²) in [6.45, 7) is 1.43. The molecule has 8 nitrogen and oxygen atoms in total. The number of carbonyl (C=O) groups excluding carboxylic acids is 1. The quantitative estimate of drug-likeness (QED) is 0.470. The zero-order chi connectivity index (χ0) is 14.3. The van der Waals surface area contributed by atoms with Crippen molar-refractivity contribution in [2.45, 2.75) is 24.5 Å². The van der Waals surface area contributed by atoms with Crippen molar-refractivity contribution in [3.63, 3.8) is 0 Å². The first-order valence-electron chi connectivity index (χ1n) is 6.04. The van der Waals surface area contributed by atoms with Gasteiger partial charge in [-0.3, -0.25) is 0 Å². The second-order valence-corrected chi connectivity index (χ2v) is 4.44. The fourth-order valence-corrected chi connectivity index (χ4v) is 1.71. The number of methoxy groups -OCH3 is 1. The average molecular weight is 276 g/mol. The lowest BCUT2D eigenvalue weighted by atomic mass is 10.0. The number of carboxylic acids is 1. The van der Waals surface area contributed by atoms with Gasteiger partial charge in [0.25, 0.3) is 0 Å². The predicted molar refractivity (Wildman–Crippen MR) is 64.8 cm³/mol. The van der Waals surface area contributed by atoms with Crippen molar-refractivity contribution in [3.8, 4) is 0 Å². The molecule has 19 heavy (non-hydrogen) atoms. The summed E-state index contributed by atoms with van der Waals surface area (Å²) in [7, 11) is 1.57. The summed E-state index contributed by atoms with van der Waals surface area (Å²) >= 11 is 0. The lowest BCUT2D eigenvalue weighted by molar-refractivity contribution is -0.146. The molecule has 4 N–H and O–H groups in total. The van der Waals surface area contributed by atoms with Gasteiger partial charge in [0.1, 0.15) is 5.60 Å². The molecule has 1 saturated heterocycles. The smallest absolute Gasteiger partial charge is 0.332 e. The highest BCUT2D eigenvalue weighted by Crippen LogP contribution is 2.21. The van der Waals surface area contributed by atoms with Crippen molar-refractivity contribution in [3.05, 3.63) is 0 Å². The van der Waals surface area contributed by atoms with Gasteiger partial charge in [-0.2, -0.15) is 0 Å². The normalized spacial score (nSPS) is 23.9. The summed E-state index contributed by atoms with van der Waals surface area (Å²) in [6, 6.07) is -0.430. The Kier molecular flexibility index (Phi) is 6.00. The molecule has 0 saturated carbocycles. The lowest BCUT2D eigenvalue weighted by Gasteiger charge is -2.25. The third kappa shape index (κ3) is 5.01. The van der Waals surface area contributed by atoms with Gasteiger partial charge < -0.3 is 30.3 Å². The summed E-state index contributed by atoms with van der Waals surface area (Å²) in [5.74, 6) is -1.30.